The number of fused-ring (bicyclic) bond motifs is 1. The molecule has 6 nitrogen and oxygen atoms in total. The van der Waals surface area contributed by atoms with Crippen molar-refractivity contribution in [2.75, 3.05) is 19.5 Å². The Bertz CT molecular complexity index is 797. The summed E-state index contributed by atoms with van der Waals surface area (Å²) in [7, 11) is 3.09. The molecule has 0 saturated heterocycles. The van der Waals surface area contributed by atoms with Gasteiger partial charge in [-0.2, -0.15) is 0 Å². The highest BCUT2D eigenvalue weighted by Crippen LogP contribution is 2.27. The number of carbonyl (C=O) groups excluding carboxylic acids is 2. The molecule has 0 saturated carbocycles. The lowest BCUT2D eigenvalue weighted by Crippen LogP contribution is -2.42. The van der Waals surface area contributed by atoms with Crippen molar-refractivity contribution in [1.82, 2.24) is 4.90 Å². The average molecular weight is 340 g/mol. The first kappa shape index (κ1) is 16.8. The van der Waals surface area contributed by atoms with Crippen LogP contribution >= 0.6 is 0 Å². The van der Waals surface area contributed by atoms with Crippen LogP contribution in [0.1, 0.15) is 22.8 Å². The van der Waals surface area contributed by atoms with E-state index in [1.165, 1.54) is 0 Å². The normalized spacial score (nSPS) is 14.0. The Morgan fingerprint density at radius 2 is 1.76 bits per heavy atom. The number of amides is 2. The molecule has 130 valence electrons. The van der Waals surface area contributed by atoms with Crippen molar-refractivity contribution in [1.29, 1.82) is 0 Å². The molecule has 2 aromatic rings. The van der Waals surface area contributed by atoms with Crippen LogP contribution in [0.2, 0.25) is 0 Å². The lowest BCUT2D eigenvalue weighted by molar-refractivity contribution is -0.120. The van der Waals surface area contributed by atoms with Gasteiger partial charge in [0.15, 0.2) is 0 Å². The van der Waals surface area contributed by atoms with Gasteiger partial charge in [0.2, 0.25) is 5.91 Å². The second-order valence-electron chi connectivity index (χ2n) is 5.86. The number of carbonyl (C=O) groups is 2. The zero-order chi connectivity index (χ0) is 18.0. The SMILES string of the molecule is COc1cc(NC(=O)C(C)N2Cc3ccccc3C2=O)cc(OC)c1. The Labute approximate surface area is 146 Å². The van der Waals surface area contributed by atoms with Gasteiger partial charge in [0, 0.05) is 36.0 Å². The number of nitrogens with one attached hydrogen (secondary N) is 1. The van der Waals surface area contributed by atoms with Crippen LogP contribution in [0, 0.1) is 0 Å². The van der Waals surface area contributed by atoms with Crippen molar-refractivity contribution in [2.24, 2.45) is 0 Å². The van der Waals surface area contributed by atoms with E-state index in [0.717, 1.165) is 5.56 Å². The lowest BCUT2D eigenvalue weighted by atomic mass is 10.1. The van der Waals surface area contributed by atoms with E-state index in [-0.39, 0.29) is 11.8 Å². The van der Waals surface area contributed by atoms with Gasteiger partial charge in [-0.05, 0) is 18.6 Å². The van der Waals surface area contributed by atoms with E-state index in [9.17, 15) is 9.59 Å². The van der Waals surface area contributed by atoms with Crippen LogP contribution in [0.3, 0.4) is 0 Å². The van der Waals surface area contributed by atoms with Crippen molar-refractivity contribution < 1.29 is 19.1 Å². The number of ether oxygens (including phenoxy) is 2. The average Bonchev–Trinajstić information content (AvgIpc) is 2.97. The highest BCUT2D eigenvalue weighted by Gasteiger charge is 2.33. The van der Waals surface area contributed by atoms with Crippen LogP contribution < -0.4 is 14.8 Å². The molecule has 2 amide bonds. The molecular weight excluding hydrogens is 320 g/mol. The van der Waals surface area contributed by atoms with E-state index in [0.29, 0.717) is 29.3 Å². The predicted molar refractivity (Wildman–Crippen MR) is 94.0 cm³/mol. The number of benzene rings is 2. The van der Waals surface area contributed by atoms with Crippen LogP contribution in [0.25, 0.3) is 0 Å². The fourth-order valence-corrected chi connectivity index (χ4v) is 2.86. The third-order valence-electron chi connectivity index (χ3n) is 4.32. The molecule has 0 bridgehead atoms. The third-order valence-corrected chi connectivity index (χ3v) is 4.32. The van der Waals surface area contributed by atoms with Crippen LogP contribution in [-0.4, -0.2) is 37.0 Å². The summed E-state index contributed by atoms with van der Waals surface area (Å²) in [6, 6.07) is 11.9. The Balaban J connectivity index is 1.75. The molecule has 1 aliphatic heterocycles. The molecule has 2 aromatic carbocycles. The fraction of sp³-hybridized carbons (Fsp3) is 0.263. The molecule has 1 unspecified atom stereocenters. The minimum absolute atomic E-state index is 0.124. The number of nitrogens with zero attached hydrogens (tertiary/aromatic N) is 1. The summed E-state index contributed by atoms with van der Waals surface area (Å²) < 4.78 is 10.4. The number of hydrogen-bond donors (Lipinski definition) is 1. The molecule has 1 atom stereocenters. The summed E-state index contributed by atoms with van der Waals surface area (Å²) in [5.41, 5.74) is 2.15. The molecular formula is C19H20N2O4. The second kappa shape index (κ2) is 6.84. The minimum Gasteiger partial charge on any atom is -0.497 e. The maximum absolute atomic E-state index is 12.6. The zero-order valence-corrected chi connectivity index (χ0v) is 14.4. The largest absolute Gasteiger partial charge is 0.497 e. The summed E-state index contributed by atoms with van der Waals surface area (Å²) in [6.45, 7) is 2.15. The van der Waals surface area contributed by atoms with E-state index in [4.69, 9.17) is 9.47 Å². The van der Waals surface area contributed by atoms with E-state index >= 15 is 0 Å². The van der Waals surface area contributed by atoms with Gasteiger partial charge in [0.25, 0.3) is 5.91 Å². The van der Waals surface area contributed by atoms with Crippen LogP contribution in [0.15, 0.2) is 42.5 Å². The van der Waals surface area contributed by atoms with Gasteiger partial charge < -0.3 is 19.7 Å². The first-order chi connectivity index (χ1) is 12.0. The molecule has 0 aromatic heterocycles. The molecule has 25 heavy (non-hydrogen) atoms. The van der Waals surface area contributed by atoms with Crippen molar-refractivity contribution in [2.45, 2.75) is 19.5 Å². The summed E-state index contributed by atoms with van der Waals surface area (Å²) >= 11 is 0. The number of anilines is 1. The molecule has 0 spiro atoms. The van der Waals surface area contributed by atoms with Gasteiger partial charge in [-0.3, -0.25) is 9.59 Å². The van der Waals surface area contributed by atoms with Gasteiger partial charge in [-0.25, -0.2) is 0 Å². The van der Waals surface area contributed by atoms with Crippen molar-refractivity contribution in [3.8, 4) is 11.5 Å². The highest BCUT2D eigenvalue weighted by molar-refractivity contribution is 6.03. The zero-order valence-electron chi connectivity index (χ0n) is 14.4. The number of methoxy groups -OCH3 is 2. The van der Waals surface area contributed by atoms with Crippen molar-refractivity contribution >= 4 is 17.5 Å². The monoisotopic (exact) mass is 340 g/mol. The van der Waals surface area contributed by atoms with Crippen LogP contribution in [0.5, 0.6) is 11.5 Å². The molecule has 1 heterocycles. The van der Waals surface area contributed by atoms with Crippen molar-refractivity contribution in [3.63, 3.8) is 0 Å². The summed E-state index contributed by atoms with van der Waals surface area (Å²) in [6.07, 6.45) is 0. The van der Waals surface area contributed by atoms with E-state index < -0.39 is 6.04 Å². The number of hydrogen-bond acceptors (Lipinski definition) is 4. The maximum Gasteiger partial charge on any atom is 0.255 e. The maximum atomic E-state index is 12.6. The first-order valence-electron chi connectivity index (χ1n) is 7.96. The molecule has 1 aliphatic rings. The Hall–Kier alpha value is -3.02. The molecule has 0 fully saturated rings. The topological polar surface area (TPSA) is 67.9 Å². The quantitative estimate of drug-likeness (QED) is 0.909. The predicted octanol–water partition coefficient (Wildman–Crippen LogP) is 2.69. The second-order valence-corrected chi connectivity index (χ2v) is 5.86. The Kier molecular flexibility index (Phi) is 4.61. The van der Waals surface area contributed by atoms with E-state index in [2.05, 4.69) is 5.32 Å². The Morgan fingerprint density at radius 3 is 2.36 bits per heavy atom. The van der Waals surface area contributed by atoms with Crippen molar-refractivity contribution in [3.05, 3.63) is 53.6 Å². The fourth-order valence-electron chi connectivity index (χ4n) is 2.86. The third kappa shape index (κ3) is 3.28. The summed E-state index contributed by atoms with van der Waals surface area (Å²) in [5, 5.41) is 2.82. The van der Waals surface area contributed by atoms with Crippen LogP contribution in [-0.2, 0) is 11.3 Å². The molecule has 1 N–H and O–H groups in total. The standard InChI is InChI=1S/C19H20N2O4/c1-12(21-11-13-6-4-5-7-17(13)19(21)23)18(22)20-14-8-15(24-2)10-16(9-14)25-3/h4-10,12H,11H2,1-3H3,(H,20,22). The lowest BCUT2D eigenvalue weighted by Gasteiger charge is -2.23. The van der Waals surface area contributed by atoms with Crippen LogP contribution in [0.4, 0.5) is 5.69 Å². The van der Waals surface area contributed by atoms with Gasteiger partial charge in [-0.15, -0.1) is 0 Å². The summed E-state index contributed by atoms with van der Waals surface area (Å²) in [4.78, 5) is 26.7. The molecule has 0 aliphatic carbocycles. The number of rotatable bonds is 5. The van der Waals surface area contributed by atoms with Gasteiger partial charge in [0.05, 0.1) is 14.2 Å². The van der Waals surface area contributed by atoms with E-state index in [1.54, 1.807) is 50.3 Å². The molecule has 3 rings (SSSR count). The van der Waals surface area contributed by atoms with Gasteiger partial charge >= 0.3 is 0 Å². The summed E-state index contributed by atoms with van der Waals surface area (Å²) in [5.74, 6) is 0.761. The minimum atomic E-state index is -0.600. The van der Waals surface area contributed by atoms with E-state index in [1.807, 2.05) is 18.2 Å². The first-order valence-corrected chi connectivity index (χ1v) is 7.96. The molecule has 0 radical (unpaired) electrons. The smallest absolute Gasteiger partial charge is 0.255 e. The van der Waals surface area contributed by atoms with Gasteiger partial charge in [-0.1, -0.05) is 18.2 Å². The van der Waals surface area contributed by atoms with Gasteiger partial charge in [0.1, 0.15) is 17.5 Å². The molecule has 6 heteroatoms. The highest BCUT2D eigenvalue weighted by atomic mass is 16.5. The Morgan fingerprint density at radius 1 is 1.12 bits per heavy atom.